The van der Waals surface area contributed by atoms with E-state index in [-0.39, 0.29) is 11.9 Å². The van der Waals surface area contributed by atoms with E-state index >= 15 is 0 Å². The second-order valence-electron chi connectivity index (χ2n) is 7.05. The van der Waals surface area contributed by atoms with Crippen molar-refractivity contribution in [3.05, 3.63) is 35.4 Å². The molecule has 1 aromatic rings. The minimum atomic E-state index is -0.324. The monoisotopic (exact) mass is 330 g/mol. The SMILES string of the molecule is O=C1OCCCCCC2CCC(CC2)COC(=O)c2ccc1cc2. The molecule has 0 N–H and O–H groups in total. The lowest BCUT2D eigenvalue weighted by Gasteiger charge is -2.28. The third-order valence-corrected chi connectivity index (χ3v) is 5.26. The van der Waals surface area contributed by atoms with Gasteiger partial charge in [-0.15, -0.1) is 0 Å². The summed E-state index contributed by atoms with van der Waals surface area (Å²) < 4.78 is 10.8. The van der Waals surface area contributed by atoms with Crippen LogP contribution in [0.4, 0.5) is 0 Å². The summed E-state index contributed by atoms with van der Waals surface area (Å²) in [6.45, 7) is 0.977. The van der Waals surface area contributed by atoms with E-state index in [9.17, 15) is 9.59 Å². The van der Waals surface area contributed by atoms with Crippen LogP contribution in [-0.4, -0.2) is 25.2 Å². The summed E-state index contributed by atoms with van der Waals surface area (Å²) in [6.07, 6.45) is 9.31. The molecule has 6 rings (SSSR count). The summed E-state index contributed by atoms with van der Waals surface area (Å²) in [7, 11) is 0. The fourth-order valence-corrected chi connectivity index (χ4v) is 3.67. The van der Waals surface area contributed by atoms with E-state index in [2.05, 4.69) is 0 Å². The lowest BCUT2D eigenvalue weighted by atomic mass is 9.80. The summed E-state index contributed by atoms with van der Waals surface area (Å²) in [6, 6.07) is 6.54. The van der Waals surface area contributed by atoms with Gasteiger partial charge >= 0.3 is 11.9 Å². The van der Waals surface area contributed by atoms with Crippen LogP contribution in [0.3, 0.4) is 0 Å². The van der Waals surface area contributed by atoms with Crippen LogP contribution in [0.5, 0.6) is 0 Å². The molecule has 5 aliphatic rings. The van der Waals surface area contributed by atoms with E-state index in [1.165, 1.54) is 25.7 Å². The Balaban J connectivity index is 1.66. The Labute approximate surface area is 143 Å². The number of rotatable bonds is 0. The molecule has 0 unspecified atom stereocenters. The van der Waals surface area contributed by atoms with E-state index in [0.29, 0.717) is 30.3 Å². The number of ether oxygens (including phenoxy) is 2. The van der Waals surface area contributed by atoms with Gasteiger partial charge < -0.3 is 9.47 Å². The molecule has 130 valence electrons. The van der Waals surface area contributed by atoms with Crippen LogP contribution >= 0.6 is 0 Å². The number of hydrogen-bond acceptors (Lipinski definition) is 4. The molecule has 1 aromatic carbocycles. The molecule has 0 spiro atoms. The highest BCUT2D eigenvalue weighted by atomic mass is 16.5. The predicted octanol–water partition coefficient (Wildman–Crippen LogP) is 4.38. The molecule has 1 saturated carbocycles. The molecule has 1 aliphatic carbocycles. The molecule has 4 heteroatoms. The van der Waals surface area contributed by atoms with Crippen LogP contribution in [-0.2, 0) is 9.47 Å². The van der Waals surface area contributed by atoms with Gasteiger partial charge in [-0.1, -0.05) is 32.1 Å². The van der Waals surface area contributed by atoms with Crippen molar-refractivity contribution in [1.29, 1.82) is 0 Å². The van der Waals surface area contributed by atoms with E-state index < -0.39 is 0 Å². The van der Waals surface area contributed by atoms with Gasteiger partial charge in [0.1, 0.15) is 0 Å². The minimum Gasteiger partial charge on any atom is -0.462 e. The standard InChI is InChI=1S/C20H26O4/c21-19-17-9-11-18(12-10-17)20(22)24-14-16-7-5-15(6-8-16)4-2-1-3-13-23-19/h9-12,15-16H,1-8,13-14H2. The average molecular weight is 330 g/mol. The van der Waals surface area contributed by atoms with E-state index in [1.54, 1.807) is 24.3 Å². The number of carbonyl (C=O) groups excluding carboxylic acids is 2. The summed E-state index contributed by atoms with van der Waals surface area (Å²) in [5.74, 6) is 0.678. The van der Waals surface area contributed by atoms with Crippen molar-refractivity contribution in [2.75, 3.05) is 13.2 Å². The first-order valence-electron chi connectivity index (χ1n) is 9.16. The quantitative estimate of drug-likeness (QED) is 0.662. The fourth-order valence-electron chi connectivity index (χ4n) is 3.67. The summed E-state index contributed by atoms with van der Waals surface area (Å²) in [5, 5.41) is 0. The van der Waals surface area contributed by atoms with Crippen LogP contribution < -0.4 is 0 Å². The molecule has 24 heavy (non-hydrogen) atoms. The molecule has 1 fully saturated rings. The van der Waals surface area contributed by atoms with Crippen molar-refractivity contribution in [1.82, 2.24) is 0 Å². The molecule has 4 heterocycles. The number of hydrogen-bond donors (Lipinski definition) is 0. The zero-order valence-corrected chi connectivity index (χ0v) is 14.2. The number of esters is 2. The summed E-state index contributed by atoms with van der Waals surface area (Å²) >= 11 is 0. The van der Waals surface area contributed by atoms with Gasteiger partial charge in [-0.2, -0.15) is 0 Å². The van der Waals surface area contributed by atoms with Gasteiger partial charge in [0.2, 0.25) is 0 Å². The second-order valence-corrected chi connectivity index (χ2v) is 7.05. The molecule has 4 aliphatic heterocycles. The van der Waals surface area contributed by atoms with Crippen molar-refractivity contribution < 1.29 is 19.1 Å². The highest BCUT2D eigenvalue weighted by Gasteiger charge is 2.22. The lowest BCUT2D eigenvalue weighted by Crippen LogP contribution is -2.21. The average Bonchev–Trinajstić information content (AvgIpc) is 2.63. The van der Waals surface area contributed by atoms with Gasteiger partial charge in [0, 0.05) is 0 Å². The maximum absolute atomic E-state index is 12.1. The molecular formula is C20H26O4. The van der Waals surface area contributed by atoms with Gasteiger partial charge in [0.25, 0.3) is 0 Å². The smallest absolute Gasteiger partial charge is 0.338 e. The maximum atomic E-state index is 12.1. The molecule has 0 amide bonds. The Morgan fingerprint density at radius 2 is 1.25 bits per heavy atom. The van der Waals surface area contributed by atoms with Crippen LogP contribution in [0, 0.1) is 11.8 Å². The number of benzene rings is 1. The minimum absolute atomic E-state index is 0.307. The normalized spacial score (nSPS) is 26.3. The lowest BCUT2D eigenvalue weighted by molar-refractivity contribution is 0.0389. The molecule has 4 bridgehead atoms. The second kappa shape index (κ2) is 8.32. The largest absolute Gasteiger partial charge is 0.462 e. The van der Waals surface area contributed by atoms with Crippen molar-refractivity contribution in [3.8, 4) is 0 Å². The van der Waals surface area contributed by atoms with Crippen LogP contribution in [0.2, 0.25) is 0 Å². The van der Waals surface area contributed by atoms with Gasteiger partial charge in [0.15, 0.2) is 0 Å². The van der Waals surface area contributed by atoms with E-state index in [0.717, 1.165) is 31.6 Å². The Hall–Kier alpha value is -1.84. The van der Waals surface area contributed by atoms with E-state index in [1.807, 2.05) is 0 Å². The fraction of sp³-hybridized carbons (Fsp3) is 0.600. The highest BCUT2D eigenvalue weighted by Crippen LogP contribution is 2.32. The molecule has 4 nitrogen and oxygen atoms in total. The van der Waals surface area contributed by atoms with Crippen molar-refractivity contribution in [2.45, 2.75) is 51.4 Å². The third-order valence-electron chi connectivity index (χ3n) is 5.26. The summed E-state index contributed by atoms with van der Waals surface area (Å²) in [5.41, 5.74) is 0.966. The van der Waals surface area contributed by atoms with Crippen LogP contribution in [0.1, 0.15) is 72.1 Å². The van der Waals surface area contributed by atoms with Crippen LogP contribution in [0.15, 0.2) is 24.3 Å². The Kier molecular flexibility index (Phi) is 5.89. The van der Waals surface area contributed by atoms with Gasteiger partial charge in [-0.05, 0) is 55.4 Å². The van der Waals surface area contributed by atoms with Gasteiger partial charge in [0.05, 0.1) is 24.3 Å². The Morgan fingerprint density at radius 1 is 0.667 bits per heavy atom. The first kappa shape index (κ1) is 17.0. The van der Waals surface area contributed by atoms with Gasteiger partial charge in [-0.25, -0.2) is 9.59 Å². The van der Waals surface area contributed by atoms with Crippen molar-refractivity contribution >= 4 is 11.9 Å². The first-order chi connectivity index (χ1) is 11.7. The highest BCUT2D eigenvalue weighted by molar-refractivity contribution is 5.93. The molecule has 0 atom stereocenters. The Bertz CT molecular complexity index is 556. The van der Waals surface area contributed by atoms with Crippen molar-refractivity contribution in [2.24, 2.45) is 11.8 Å². The van der Waals surface area contributed by atoms with Crippen LogP contribution in [0.25, 0.3) is 0 Å². The maximum Gasteiger partial charge on any atom is 0.338 e. The topological polar surface area (TPSA) is 52.6 Å². The molecule has 0 aromatic heterocycles. The zero-order chi connectivity index (χ0) is 16.8. The third kappa shape index (κ3) is 4.59. The zero-order valence-electron chi connectivity index (χ0n) is 14.2. The first-order valence-corrected chi connectivity index (χ1v) is 9.16. The summed E-state index contributed by atoms with van der Waals surface area (Å²) in [4.78, 5) is 24.1. The van der Waals surface area contributed by atoms with E-state index in [4.69, 9.17) is 9.47 Å². The molecule has 0 radical (unpaired) electrons. The van der Waals surface area contributed by atoms with Gasteiger partial charge in [-0.3, -0.25) is 0 Å². The van der Waals surface area contributed by atoms with Crippen molar-refractivity contribution in [3.63, 3.8) is 0 Å². The number of carbonyl (C=O) groups is 2. The molecular weight excluding hydrogens is 304 g/mol. The molecule has 0 saturated heterocycles. The Morgan fingerprint density at radius 3 is 1.92 bits per heavy atom. The predicted molar refractivity (Wildman–Crippen MR) is 90.9 cm³/mol.